The Morgan fingerprint density at radius 3 is 2.47 bits per heavy atom. The molecular weight excluding hydrogens is 241 g/mol. The maximum Gasteiger partial charge on any atom is 0.221 e. The molecule has 0 bridgehead atoms. The van der Waals surface area contributed by atoms with Crippen LogP contribution in [0.15, 0.2) is 36.4 Å². The van der Waals surface area contributed by atoms with E-state index >= 15 is 0 Å². The molecule has 0 unspecified atom stereocenters. The molecule has 0 saturated heterocycles. The molecule has 100 valence electrons. The second-order valence-electron chi connectivity index (χ2n) is 5.65. The van der Waals surface area contributed by atoms with Crippen molar-refractivity contribution in [3.63, 3.8) is 0 Å². The molecule has 1 aromatic carbocycles. The molecular formula is C16H18FNO. The lowest BCUT2D eigenvalue weighted by Gasteiger charge is -2.23. The van der Waals surface area contributed by atoms with Crippen molar-refractivity contribution in [2.24, 2.45) is 0 Å². The fourth-order valence-electron chi connectivity index (χ4n) is 1.88. The van der Waals surface area contributed by atoms with Gasteiger partial charge in [0.25, 0.3) is 0 Å². The number of pyridine rings is 1. The fraction of sp³-hybridized carbons (Fsp3) is 0.312. The Morgan fingerprint density at radius 2 is 1.84 bits per heavy atom. The molecule has 0 radical (unpaired) electrons. The average Bonchev–Trinajstić information content (AvgIpc) is 2.30. The highest BCUT2D eigenvalue weighted by Gasteiger charge is 2.19. The number of benzene rings is 1. The maximum atomic E-state index is 13.1. The highest BCUT2D eigenvalue weighted by molar-refractivity contribution is 5.42. The van der Waals surface area contributed by atoms with E-state index in [2.05, 4.69) is 31.8 Å². The zero-order valence-corrected chi connectivity index (χ0v) is 11.7. The summed E-state index contributed by atoms with van der Waals surface area (Å²) in [4.78, 5) is 3.73. The van der Waals surface area contributed by atoms with E-state index in [9.17, 15) is 4.39 Å². The molecule has 0 aliphatic carbocycles. The van der Waals surface area contributed by atoms with Crippen molar-refractivity contribution in [2.45, 2.75) is 33.1 Å². The average molecular weight is 259 g/mol. The van der Waals surface area contributed by atoms with Crippen LogP contribution in [-0.4, -0.2) is 4.98 Å². The van der Waals surface area contributed by atoms with Crippen molar-refractivity contribution in [1.82, 2.24) is 4.98 Å². The van der Waals surface area contributed by atoms with Crippen molar-refractivity contribution in [2.75, 3.05) is 0 Å². The van der Waals surface area contributed by atoms with Gasteiger partial charge in [-0.05, 0) is 24.5 Å². The molecule has 1 aromatic heterocycles. The van der Waals surface area contributed by atoms with Crippen LogP contribution in [0.25, 0.3) is 0 Å². The first-order valence-corrected chi connectivity index (χ1v) is 6.28. The third kappa shape index (κ3) is 3.31. The van der Waals surface area contributed by atoms with Gasteiger partial charge in [0.05, 0.1) is 0 Å². The van der Waals surface area contributed by atoms with Crippen molar-refractivity contribution in [1.29, 1.82) is 0 Å². The number of halogens is 1. The first kappa shape index (κ1) is 13.5. The van der Waals surface area contributed by atoms with Gasteiger partial charge in [0, 0.05) is 11.6 Å². The predicted molar refractivity (Wildman–Crippen MR) is 74.1 cm³/mol. The van der Waals surface area contributed by atoms with Gasteiger partial charge >= 0.3 is 0 Å². The monoisotopic (exact) mass is 259 g/mol. The summed E-state index contributed by atoms with van der Waals surface area (Å²) < 4.78 is 18.8. The van der Waals surface area contributed by atoms with Crippen LogP contribution in [0.2, 0.25) is 0 Å². The van der Waals surface area contributed by atoms with Crippen LogP contribution in [0.1, 0.15) is 31.9 Å². The normalized spacial score (nSPS) is 11.4. The Hall–Kier alpha value is -1.90. The summed E-state index contributed by atoms with van der Waals surface area (Å²) in [6.07, 6.45) is 0. The van der Waals surface area contributed by atoms with Gasteiger partial charge in [-0.25, -0.2) is 0 Å². The third-order valence-electron chi connectivity index (χ3n) is 2.85. The molecule has 0 spiro atoms. The molecule has 0 aliphatic heterocycles. The predicted octanol–water partition coefficient (Wildman–Crippen LogP) is 4.62. The summed E-state index contributed by atoms with van der Waals surface area (Å²) in [5, 5.41) is 0. The van der Waals surface area contributed by atoms with Crippen LogP contribution >= 0.6 is 0 Å². The molecule has 19 heavy (non-hydrogen) atoms. The van der Waals surface area contributed by atoms with Crippen molar-refractivity contribution >= 4 is 0 Å². The Kier molecular flexibility index (Phi) is 3.56. The molecule has 2 rings (SSSR count). The molecule has 0 aliphatic rings. The fourth-order valence-corrected chi connectivity index (χ4v) is 1.88. The van der Waals surface area contributed by atoms with Crippen molar-refractivity contribution in [3.8, 4) is 11.6 Å². The summed E-state index contributed by atoms with van der Waals surface area (Å²) in [5.41, 5.74) is 2.21. The van der Waals surface area contributed by atoms with Crippen molar-refractivity contribution in [3.05, 3.63) is 53.5 Å². The lowest BCUT2D eigenvalue weighted by molar-refractivity contribution is 0.427. The quantitative estimate of drug-likeness (QED) is 0.734. The van der Waals surface area contributed by atoms with E-state index in [0.717, 1.165) is 11.3 Å². The minimum Gasteiger partial charge on any atom is -0.439 e. The smallest absolute Gasteiger partial charge is 0.221 e. The van der Waals surface area contributed by atoms with E-state index in [1.54, 1.807) is 12.1 Å². The highest BCUT2D eigenvalue weighted by atomic mass is 19.1. The number of nitrogens with zero attached hydrogens (tertiary/aromatic N) is 1. The van der Waals surface area contributed by atoms with E-state index in [1.807, 2.05) is 19.1 Å². The van der Waals surface area contributed by atoms with Gasteiger partial charge in [0.15, 0.2) is 0 Å². The summed E-state index contributed by atoms with van der Waals surface area (Å²) in [6, 6.07) is 10.5. The van der Waals surface area contributed by atoms with Crippen LogP contribution in [0.5, 0.6) is 11.6 Å². The van der Waals surface area contributed by atoms with E-state index < -0.39 is 5.95 Å². The molecule has 0 saturated carbocycles. The van der Waals surface area contributed by atoms with E-state index in [4.69, 9.17) is 4.74 Å². The van der Waals surface area contributed by atoms with Crippen molar-refractivity contribution < 1.29 is 9.13 Å². The number of aryl methyl sites for hydroxylation is 1. The summed E-state index contributed by atoms with van der Waals surface area (Å²) in [6.45, 7) is 8.40. The number of rotatable bonds is 2. The SMILES string of the molecule is Cc1ccc(Oc2cccc(F)n2)c(C(C)(C)C)c1. The molecule has 0 atom stereocenters. The summed E-state index contributed by atoms with van der Waals surface area (Å²) >= 11 is 0. The van der Waals surface area contributed by atoms with E-state index in [0.29, 0.717) is 0 Å². The number of aromatic nitrogens is 1. The Bertz CT molecular complexity index is 588. The third-order valence-corrected chi connectivity index (χ3v) is 2.85. The Morgan fingerprint density at radius 1 is 1.11 bits per heavy atom. The molecule has 3 heteroatoms. The van der Waals surface area contributed by atoms with Gasteiger partial charge in [-0.1, -0.05) is 44.5 Å². The minimum atomic E-state index is -0.540. The van der Waals surface area contributed by atoms with E-state index in [1.165, 1.54) is 11.6 Å². The van der Waals surface area contributed by atoms with Crippen LogP contribution in [-0.2, 0) is 5.41 Å². The second-order valence-corrected chi connectivity index (χ2v) is 5.65. The number of hydrogen-bond donors (Lipinski definition) is 0. The van der Waals surface area contributed by atoms with E-state index in [-0.39, 0.29) is 11.3 Å². The van der Waals surface area contributed by atoms with Crippen LogP contribution in [0.4, 0.5) is 4.39 Å². The highest BCUT2D eigenvalue weighted by Crippen LogP contribution is 2.34. The van der Waals surface area contributed by atoms with Gasteiger partial charge in [-0.2, -0.15) is 9.37 Å². The van der Waals surface area contributed by atoms with Gasteiger partial charge in [-0.3, -0.25) is 0 Å². The van der Waals surface area contributed by atoms with Gasteiger partial charge in [-0.15, -0.1) is 0 Å². The summed E-state index contributed by atoms with van der Waals surface area (Å²) in [5.74, 6) is 0.451. The van der Waals surface area contributed by atoms with Crippen LogP contribution in [0.3, 0.4) is 0 Å². The number of hydrogen-bond acceptors (Lipinski definition) is 2. The molecule has 2 aromatic rings. The summed E-state index contributed by atoms with van der Waals surface area (Å²) in [7, 11) is 0. The first-order chi connectivity index (χ1) is 8.86. The maximum absolute atomic E-state index is 13.1. The Labute approximate surface area is 113 Å². The largest absolute Gasteiger partial charge is 0.439 e. The molecule has 1 heterocycles. The van der Waals surface area contributed by atoms with Gasteiger partial charge in [0.1, 0.15) is 5.75 Å². The second kappa shape index (κ2) is 5.00. The standard InChI is InChI=1S/C16H18FNO/c1-11-8-9-13(12(10-11)16(2,3)4)19-15-7-5-6-14(17)18-15/h5-10H,1-4H3. The molecule has 2 nitrogen and oxygen atoms in total. The Balaban J connectivity index is 2.40. The molecule has 0 fully saturated rings. The molecule has 0 amide bonds. The van der Waals surface area contributed by atoms with Crippen LogP contribution in [0, 0.1) is 12.9 Å². The first-order valence-electron chi connectivity index (χ1n) is 6.28. The van der Waals surface area contributed by atoms with Gasteiger partial charge in [0.2, 0.25) is 11.8 Å². The zero-order valence-electron chi connectivity index (χ0n) is 11.7. The van der Waals surface area contributed by atoms with Crippen LogP contribution < -0.4 is 4.74 Å². The lowest BCUT2D eigenvalue weighted by atomic mass is 9.85. The molecule has 0 N–H and O–H groups in total. The number of ether oxygens (including phenoxy) is 1. The topological polar surface area (TPSA) is 22.1 Å². The minimum absolute atomic E-state index is 0.0469. The lowest BCUT2D eigenvalue weighted by Crippen LogP contribution is -2.13. The zero-order chi connectivity index (χ0) is 14.0. The van der Waals surface area contributed by atoms with Gasteiger partial charge < -0.3 is 4.74 Å².